The molecular formula is C15H25N3O. The molecule has 0 amide bonds. The molecule has 1 unspecified atom stereocenters. The molecule has 0 fully saturated rings. The minimum absolute atomic E-state index is 0.280. The molecule has 1 aromatic rings. The van der Waals surface area contributed by atoms with Crippen LogP contribution in [0.25, 0.3) is 0 Å². The molecule has 0 bridgehead atoms. The van der Waals surface area contributed by atoms with Crippen molar-refractivity contribution in [3.63, 3.8) is 0 Å². The molecule has 4 nitrogen and oxygen atoms in total. The van der Waals surface area contributed by atoms with E-state index in [2.05, 4.69) is 41.7 Å². The molecule has 0 saturated heterocycles. The fraction of sp³-hybridized carbons (Fsp3) is 0.533. The van der Waals surface area contributed by atoms with E-state index in [-0.39, 0.29) is 11.3 Å². The first kappa shape index (κ1) is 15.5. The van der Waals surface area contributed by atoms with Gasteiger partial charge >= 0.3 is 0 Å². The summed E-state index contributed by atoms with van der Waals surface area (Å²) in [6.45, 7) is 7.93. The Morgan fingerprint density at radius 2 is 2.00 bits per heavy atom. The van der Waals surface area contributed by atoms with E-state index in [1.165, 1.54) is 5.56 Å². The number of benzene rings is 1. The minimum Gasteiger partial charge on any atom is -0.409 e. The number of nitrogens with zero attached hydrogens (tertiary/aromatic N) is 1. The molecule has 1 aromatic carbocycles. The van der Waals surface area contributed by atoms with Crippen molar-refractivity contribution in [2.75, 3.05) is 13.1 Å². The smallest absolute Gasteiger partial charge is 0.144 e. The van der Waals surface area contributed by atoms with Gasteiger partial charge in [0.05, 0.1) is 0 Å². The monoisotopic (exact) mass is 263 g/mol. The lowest BCUT2D eigenvalue weighted by Gasteiger charge is -2.23. The predicted octanol–water partition coefficient (Wildman–Crippen LogP) is 2.54. The van der Waals surface area contributed by atoms with Crippen LogP contribution in [-0.4, -0.2) is 24.1 Å². The molecule has 106 valence electrons. The molecule has 0 aromatic heterocycles. The number of oxime groups is 1. The van der Waals surface area contributed by atoms with E-state index in [1.54, 1.807) is 0 Å². The van der Waals surface area contributed by atoms with Crippen LogP contribution in [0, 0.1) is 5.41 Å². The van der Waals surface area contributed by atoms with E-state index in [4.69, 9.17) is 10.9 Å². The van der Waals surface area contributed by atoms with Crippen molar-refractivity contribution in [3.8, 4) is 0 Å². The number of nitrogens with one attached hydrogen (secondary N) is 1. The lowest BCUT2D eigenvalue weighted by atomic mass is 9.88. The van der Waals surface area contributed by atoms with E-state index in [9.17, 15) is 0 Å². The van der Waals surface area contributed by atoms with E-state index in [1.807, 2.05) is 19.9 Å². The zero-order valence-corrected chi connectivity index (χ0v) is 12.1. The van der Waals surface area contributed by atoms with Gasteiger partial charge in [-0.3, -0.25) is 0 Å². The summed E-state index contributed by atoms with van der Waals surface area (Å²) < 4.78 is 0. The van der Waals surface area contributed by atoms with Crippen LogP contribution in [0.1, 0.15) is 38.7 Å². The zero-order chi connectivity index (χ0) is 14.3. The van der Waals surface area contributed by atoms with Crippen LogP contribution in [0.15, 0.2) is 35.5 Å². The molecular weight excluding hydrogens is 238 g/mol. The Morgan fingerprint density at radius 3 is 2.58 bits per heavy atom. The summed E-state index contributed by atoms with van der Waals surface area (Å²) in [7, 11) is 0. The van der Waals surface area contributed by atoms with Crippen molar-refractivity contribution < 1.29 is 5.21 Å². The number of nitrogens with two attached hydrogens (primary N) is 1. The normalized spacial score (nSPS) is 14.4. The minimum atomic E-state index is -0.280. The summed E-state index contributed by atoms with van der Waals surface area (Å²) in [5, 5.41) is 15.2. The van der Waals surface area contributed by atoms with Gasteiger partial charge in [-0.2, -0.15) is 0 Å². The summed E-state index contributed by atoms with van der Waals surface area (Å²) >= 11 is 0. The molecule has 4 heteroatoms. The molecule has 4 N–H and O–H groups in total. The Hall–Kier alpha value is -1.55. The molecule has 0 saturated carbocycles. The summed E-state index contributed by atoms with van der Waals surface area (Å²) in [6.07, 6.45) is 0.838. The van der Waals surface area contributed by atoms with Gasteiger partial charge in [-0.15, -0.1) is 0 Å². The number of amidine groups is 1. The molecule has 0 heterocycles. The van der Waals surface area contributed by atoms with Crippen LogP contribution >= 0.6 is 0 Å². The highest BCUT2D eigenvalue weighted by molar-refractivity contribution is 5.85. The molecule has 1 rings (SSSR count). The Labute approximate surface area is 115 Å². The largest absolute Gasteiger partial charge is 0.409 e. The van der Waals surface area contributed by atoms with Crippen molar-refractivity contribution in [2.24, 2.45) is 16.3 Å². The standard InChI is InChI=1S/C15H25N3O/c1-12(13-7-5-4-6-8-13)11-17-10-9-15(2,3)14(16)18-19/h4-8,12,17,19H,9-11H2,1-3H3,(H2,16,18). The van der Waals surface area contributed by atoms with Gasteiger partial charge < -0.3 is 16.3 Å². The lowest BCUT2D eigenvalue weighted by molar-refractivity contribution is 0.305. The average Bonchev–Trinajstić information content (AvgIpc) is 2.43. The van der Waals surface area contributed by atoms with E-state index >= 15 is 0 Å². The zero-order valence-electron chi connectivity index (χ0n) is 12.1. The summed E-state index contributed by atoms with van der Waals surface area (Å²) in [5.74, 6) is 0.763. The predicted molar refractivity (Wildman–Crippen MR) is 79.5 cm³/mol. The Kier molecular flexibility index (Phi) is 5.83. The lowest BCUT2D eigenvalue weighted by Crippen LogP contribution is -2.35. The topological polar surface area (TPSA) is 70.6 Å². The van der Waals surface area contributed by atoms with Gasteiger partial charge in [0.2, 0.25) is 0 Å². The second kappa shape index (κ2) is 7.14. The van der Waals surface area contributed by atoms with Gasteiger partial charge in [-0.1, -0.05) is 56.3 Å². The second-order valence-electron chi connectivity index (χ2n) is 5.63. The third-order valence-corrected chi connectivity index (χ3v) is 3.55. The summed E-state index contributed by atoms with van der Waals surface area (Å²) in [6, 6.07) is 10.4. The van der Waals surface area contributed by atoms with Crippen molar-refractivity contribution in [1.29, 1.82) is 0 Å². The highest BCUT2D eigenvalue weighted by Gasteiger charge is 2.22. The van der Waals surface area contributed by atoms with Crippen molar-refractivity contribution in [1.82, 2.24) is 5.32 Å². The summed E-state index contributed by atoms with van der Waals surface area (Å²) in [5.41, 5.74) is 6.71. The van der Waals surface area contributed by atoms with Gasteiger partial charge in [0.1, 0.15) is 5.84 Å². The van der Waals surface area contributed by atoms with E-state index in [0.29, 0.717) is 5.92 Å². The molecule has 0 aliphatic heterocycles. The number of hydrogen-bond acceptors (Lipinski definition) is 3. The third-order valence-electron chi connectivity index (χ3n) is 3.55. The maximum atomic E-state index is 8.71. The molecule has 1 atom stereocenters. The molecule has 0 radical (unpaired) electrons. The molecule has 0 aliphatic carbocycles. The fourth-order valence-corrected chi connectivity index (χ4v) is 1.88. The Morgan fingerprint density at radius 1 is 1.37 bits per heavy atom. The SMILES string of the molecule is CC(CNCCC(C)(C)/C(N)=N/O)c1ccccc1. The van der Waals surface area contributed by atoms with Crippen molar-refractivity contribution in [2.45, 2.75) is 33.1 Å². The van der Waals surface area contributed by atoms with Crippen LogP contribution in [0.4, 0.5) is 0 Å². The van der Waals surface area contributed by atoms with Gasteiger partial charge in [0.25, 0.3) is 0 Å². The first-order valence-electron chi connectivity index (χ1n) is 6.71. The highest BCUT2D eigenvalue weighted by atomic mass is 16.4. The molecule has 0 spiro atoms. The van der Waals surface area contributed by atoms with Crippen LogP contribution in [0.2, 0.25) is 0 Å². The third kappa shape index (κ3) is 4.91. The van der Waals surface area contributed by atoms with Crippen LogP contribution in [0.3, 0.4) is 0 Å². The van der Waals surface area contributed by atoms with Gasteiger partial charge in [-0.05, 0) is 24.4 Å². The van der Waals surface area contributed by atoms with Gasteiger partial charge in [0.15, 0.2) is 0 Å². The van der Waals surface area contributed by atoms with E-state index in [0.717, 1.165) is 19.5 Å². The van der Waals surface area contributed by atoms with Crippen molar-refractivity contribution >= 4 is 5.84 Å². The Bertz CT molecular complexity index is 401. The van der Waals surface area contributed by atoms with Crippen LogP contribution < -0.4 is 11.1 Å². The molecule has 19 heavy (non-hydrogen) atoms. The Balaban J connectivity index is 2.32. The second-order valence-corrected chi connectivity index (χ2v) is 5.63. The fourth-order valence-electron chi connectivity index (χ4n) is 1.88. The quantitative estimate of drug-likeness (QED) is 0.233. The van der Waals surface area contributed by atoms with Crippen LogP contribution in [-0.2, 0) is 0 Å². The highest BCUT2D eigenvalue weighted by Crippen LogP contribution is 2.19. The number of hydrogen-bond donors (Lipinski definition) is 3. The van der Waals surface area contributed by atoms with Gasteiger partial charge in [0, 0.05) is 12.0 Å². The summed E-state index contributed by atoms with van der Waals surface area (Å²) in [4.78, 5) is 0. The van der Waals surface area contributed by atoms with Crippen LogP contribution in [0.5, 0.6) is 0 Å². The maximum absolute atomic E-state index is 8.71. The van der Waals surface area contributed by atoms with Crippen molar-refractivity contribution in [3.05, 3.63) is 35.9 Å². The maximum Gasteiger partial charge on any atom is 0.144 e. The van der Waals surface area contributed by atoms with E-state index < -0.39 is 0 Å². The first-order valence-corrected chi connectivity index (χ1v) is 6.71. The first-order chi connectivity index (χ1) is 8.97. The number of rotatable bonds is 7. The molecule has 0 aliphatic rings. The average molecular weight is 263 g/mol. The van der Waals surface area contributed by atoms with Gasteiger partial charge in [-0.25, -0.2) is 0 Å².